The molecule has 1 aliphatic rings. The monoisotopic (exact) mass is 427 g/mol. The summed E-state index contributed by atoms with van der Waals surface area (Å²) in [6, 6.07) is 11.6. The Kier molecular flexibility index (Phi) is 6.19. The fraction of sp³-hybridized carbons (Fsp3) is 0.273. The Morgan fingerprint density at radius 1 is 1.03 bits per heavy atom. The lowest BCUT2D eigenvalue weighted by molar-refractivity contribution is 0.284. The van der Waals surface area contributed by atoms with Gasteiger partial charge in [-0.2, -0.15) is 5.10 Å². The van der Waals surface area contributed by atoms with Crippen LogP contribution in [-0.4, -0.2) is 52.4 Å². The van der Waals surface area contributed by atoms with E-state index in [2.05, 4.69) is 39.0 Å². The molecular formula is C22H23Cl2N5. The number of piperazine rings is 1. The molecule has 0 saturated carbocycles. The van der Waals surface area contributed by atoms with Crippen LogP contribution in [0.25, 0.3) is 11.9 Å². The molecule has 3 aromatic rings. The second kappa shape index (κ2) is 8.99. The van der Waals surface area contributed by atoms with Gasteiger partial charge in [-0.1, -0.05) is 41.4 Å². The van der Waals surface area contributed by atoms with Gasteiger partial charge >= 0.3 is 0 Å². The number of nitrogens with zero attached hydrogens (tertiary/aromatic N) is 5. The standard InChI is InChI=1S/C22H23Cl2N5/c1-17-18(16-26-29(17)22-6-2-3-7-25-22)5-4-8-27-9-11-28(12-10-27)21-14-19(23)13-20(24)15-21/h2-7,13-16H,8-12H2,1H3/b5-4+. The predicted octanol–water partition coefficient (Wildman–Crippen LogP) is 4.72. The van der Waals surface area contributed by atoms with Gasteiger partial charge < -0.3 is 4.90 Å². The van der Waals surface area contributed by atoms with Gasteiger partial charge in [-0.15, -0.1) is 0 Å². The fourth-order valence-corrected chi connectivity index (χ4v) is 4.05. The minimum absolute atomic E-state index is 0.680. The third-order valence-electron chi connectivity index (χ3n) is 5.16. The molecule has 7 heteroatoms. The van der Waals surface area contributed by atoms with Gasteiger partial charge in [-0.3, -0.25) is 4.90 Å². The van der Waals surface area contributed by atoms with E-state index < -0.39 is 0 Å². The van der Waals surface area contributed by atoms with Gasteiger partial charge in [0.25, 0.3) is 0 Å². The largest absolute Gasteiger partial charge is 0.369 e. The van der Waals surface area contributed by atoms with Crippen molar-refractivity contribution in [2.45, 2.75) is 6.92 Å². The first-order valence-corrected chi connectivity index (χ1v) is 10.4. The summed E-state index contributed by atoms with van der Waals surface area (Å²) in [5.41, 5.74) is 3.29. The summed E-state index contributed by atoms with van der Waals surface area (Å²) in [4.78, 5) is 9.14. The van der Waals surface area contributed by atoms with Crippen LogP contribution < -0.4 is 4.90 Å². The van der Waals surface area contributed by atoms with Gasteiger partial charge in [0.1, 0.15) is 0 Å². The second-order valence-electron chi connectivity index (χ2n) is 7.10. The zero-order valence-corrected chi connectivity index (χ0v) is 17.8. The Morgan fingerprint density at radius 3 is 2.48 bits per heavy atom. The fourth-order valence-electron chi connectivity index (χ4n) is 3.54. The molecule has 4 rings (SSSR count). The first-order chi connectivity index (χ1) is 14.1. The molecular weight excluding hydrogens is 405 g/mol. The van der Waals surface area contributed by atoms with Gasteiger partial charge in [0, 0.05) is 60.2 Å². The molecule has 0 radical (unpaired) electrons. The average molecular weight is 428 g/mol. The molecule has 2 aromatic heterocycles. The molecule has 0 N–H and O–H groups in total. The highest BCUT2D eigenvalue weighted by molar-refractivity contribution is 6.35. The molecule has 0 unspecified atom stereocenters. The number of hydrogen-bond donors (Lipinski definition) is 0. The molecule has 1 aromatic carbocycles. The lowest BCUT2D eigenvalue weighted by Gasteiger charge is -2.35. The van der Waals surface area contributed by atoms with Crippen molar-refractivity contribution < 1.29 is 0 Å². The third-order valence-corrected chi connectivity index (χ3v) is 5.60. The van der Waals surface area contributed by atoms with Crippen LogP contribution in [0.2, 0.25) is 10.0 Å². The summed E-state index contributed by atoms with van der Waals surface area (Å²) in [5.74, 6) is 0.835. The van der Waals surface area contributed by atoms with Crippen molar-refractivity contribution in [3.63, 3.8) is 0 Å². The van der Waals surface area contributed by atoms with E-state index in [1.165, 1.54) is 0 Å². The number of rotatable bonds is 5. The predicted molar refractivity (Wildman–Crippen MR) is 120 cm³/mol. The van der Waals surface area contributed by atoms with Gasteiger partial charge in [0.15, 0.2) is 5.82 Å². The first-order valence-electron chi connectivity index (χ1n) is 9.66. The van der Waals surface area contributed by atoms with Crippen molar-refractivity contribution in [2.75, 3.05) is 37.6 Å². The maximum Gasteiger partial charge on any atom is 0.153 e. The zero-order valence-electron chi connectivity index (χ0n) is 16.3. The Hall–Kier alpha value is -2.34. The normalized spacial score (nSPS) is 15.3. The van der Waals surface area contributed by atoms with E-state index in [-0.39, 0.29) is 0 Å². The highest BCUT2D eigenvalue weighted by Crippen LogP contribution is 2.26. The molecule has 0 bridgehead atoms. The minimum Gasteiger partial charge on any atom is -0.369 e. The molecule has 5 nitrogen and oxygen atoms in total. The zero-order chi connectivity index (χ0) is 20.2. The van der Waals surface area contributed by atoms with Gasteiger partial charge in [-0.25, -0.2) is 9.67 Å². The summed E-state index contributed by atoms with van der Waals surface area (Å²) >= 11 is 12.3. The number of aromatic nitrogens is 3. The van der Waals surface area contributed by atoms with E-state index in [9.17, 15) is 0 Å². The number of benzene rings is 1. The van der Waals surface area contributed by atoms with Crippen molar-refractivity contribution in [1.29, 1.82) is 0 Å². The Morgan fingerprint density at radius 2 is 1.79 bits per heavy atom. The van der Waals surface area contributed by atoms with Crippen LogP contribution in [-0.2, 0) is 0 Å². The van der Waals surface area contributed by atoms with Crippen LogP contribution in [0.4, 0.5) is 5.69 Å². The Balaban J connectivity index is 1.33. The topological polar surface area (TPSA) is 37.2 Å². The first kappa shape index (κ1) is 20.0. The van der Waals surface area contributed by atoms with E-state index in [0.29, 0.717) is 10.0 Å². The molecule has 1 saturated heterocycles. The molecule has 3 heterocycles. The van der Waals surface area contributed by atoms with Crippen molar-refractivity contribution in [3.05, 3.63) is 76.2 Å². The van der Waals surface area contributed by atoms with E-state index in [1.807, 2.05) is 41.2 Å². The molecule has 0 spiro atoms. The smallest absolute Gasteiger partial charge is 0.153 e. The van der Waals surface area contributed by atoms with Crippen LogP contribution in [0.1, 0.15) is 11.3 Å². The number of halogens is 2. The minimum atomic E-state index is 0.680. The highest BCUT2D eigenvalue weighted by Gasteiger charge is 2.17. The van der Waals surface area contributed by atoms with Gasteiger partial charge in [0.2, 0.25) is 0 Å². The molecule has 0 atom stereocenters. The van der Waals surface area contributed by atoms with E-state index in [0.717, 1.165) is 55.5 Å². The van der Waals surface area contributed by atoms with Gasteiger partial charge in [0.05, 0.1) is 11.9 Å². The number of pyridine rings is 1. The Bertz CT molecular complexity index is 971. The Labute approximate surface area is 181 Å². The SMILES string of the molecule is Cc1c(/C=C/CN2CCN(c3cc(Cl)cc(Cl)c3)CC2)cnn1-c1ccccn1. The van der Waals surface area contributed by atoms with Crippen LogP contribution in [0.5, 0.6) is 0 Å². The summed E-state index contributed by atoms with van der Waals surface area (Å²) in [6.07, 6.45) is 8.02. The molecule has 29 heavy (non-hydrogen) atoms. The maximum absolute atomic E-state index is 6.14. The third kappa shape index (κ3) is 4.81. The molecule has 1 fully saturated rings. The lowest BCUT2D eigenvalue weighted by atomic mass is 10.2. The van der Waals surface area contributed by atoms with E-state index in [4.69, 9.17) is 23.2 Å². The summed E-state index contributed by atoms with van der Waals surface area (Å²) in [6.45, 7) is 6.90. The van der Waals surface area contributed by atoms with Crippen LogP contribution in [0.3, 0.4) is 0 Å². The quantitative estimate of drug-likeness (QED) is 0.590. The molecule has 1 aliphatic heterocycles. The van der Waals surface area contributed by atoms with Crippen molar-refractivity contribution in [2.24, 2.45) is 0 Å². The summed E-state index contributed by atoms with van der Waals surface area (Å²) in [5, 5.41) is 5.83. The van der Waals surface area contributed by atoms with Crippen LogP contribution in [0.15, 0.2) is 54.9 Å². The lowest BCUT2D eigenvalue weighted by Crippen LogP contribution is -2.46. The number of anilines is 1. The van der Waals surface area contributed by atoms with E-state index >= 15 is 0 Å². The maximum atomic E-state index is 6.14. The average Bonchev–Trinajstić information content (AvgIpc) is 3.09. The molecule has 150 valence electrons. The highest BCUT2D eigenvalue weighted by atomic mass is 35.5. The second-order valence-corrected chi connectivity index (χ2v) is 7.98. The van der Waals surface area contributed by atoms with Crippen molar-refractivity contribution in [1.82, 2.24) is 19.7 Å². The number of hydrogen-bond acceptors (Lipinski definition) is 4. The van der Waals surface area contributed by atoms with Crippen molar-refractivity contribution >= 4 is 35.0 Å². The van der Waals surface area contributed by atoms with E-state index in [1.54, 1.807) is 12.3 Å². The van der Waals surface area contributed by atoms with Crippen LogP contribution in [0, 0.1) is 6.92 Å². The summed E-state index contributed by atoms with van der Waals surface area (Å²) < 4.78 is 1.87. The van der Waals surface area contributed by atoms with Gasteiger partial charge in [-0.05, 0) is 37.3 Å². The summed E-state index contributed by atoms with van der Waals surface area (Å²) in [7, 11) is 0. The molecule has 0 aliphatic carbocycles. The van der Waals surface area contributed by atoms with Crippen molar-refractivity contribution in [3.8, 4) is 5.82 Å². The molecule has 0 amide bonds. The van der Waals surface area contributed by atoms with Crippen LogP contribution >= 0.6 is 23.2 Å².